The third-order valence-electron chi connectivity index (χ3n) is 6.44. The lowest BCUT2D eigenvalue weighted by Gasteiger charge is -2.18. The molecule has 11 nitrogen and oxygen atoms in total. The molecule has 0 bridgehead atoms. The molecular weight excluding hydrogens is 460 g/mol. The van der Waals surface area contributed by atoms with Crippen LogP contribution in [0.3, 0.4) is 0 Å². The largest absolute Gasteiger partial charge is 0.447 e. The molecule has 0 aliphatic carbocycles. The second kappa shape index (κ2) is 8.76. The summed E-state index contributed by atoms with van der Waals surface area (Å²) in [6, 6.07) is 11.4. The molecule has 36 heavy (non-hydrogen) atoms. The first-order valence-corrected chi connectivity index (χ1v) is 12.0. The summed E-state index contributed by atoms with van der Waals surface area (Å²) >= 11 is 0. The number of hydrogen-bond donors (Lipinski definition) is 2. The zero-order valence-corrected chi connectivity index (χ0v) is 20.1. The van der Waals surface area contributed by atoms with E-state index in [4.69, 9.17) is 9.72 Å². The van der Waals surface area contributed by atoms with Crippen molar-refractivity contribution in [1.29, 1.82) is 0 Å². The lowest BCUT2D eigenvalue weighted by Crippen LogP contribution is -2.27. The second-order valence-electron chi connectivity index (χ2n) is 9.14. The first kappa shape index (κ1) is 22.2. The van der Waals surface area contributed by atoms with E-state index in [1.165, 1.54) is 16.0 Å². The molecule has 1 saturated heterocycles. The summed E-state index contributed by atoms with van der Waals surface area (Å²) in [4.78, 5) is 40.7. The van der Waals surface area contributed by atoms with Crippen molar-refractivity contribution >= 4 is 34.6 Å². The number of carbonyl (C=O) groups is 1. The van der Waals surface area contributed by atoms with Gasteiger partial charge in [-0.2, -0.15) is 4.98 Å². The van der Waals surface area contributed by atoms with Crippen LogP contribution in [-0.2, 0) is 17.7 Å². The molecule has 6 rings (SSSR count). The molecule has 2 aliphatic heterocycles. The predicted molar refractivity (Wildman–Crippen MR) is 135 cm³/mol. The first-order valence-electron chi connectivity index (χ1n) is 12.0. The van der Waals surface area contributed by atoms with Gasteiger partial charge in [0.2, 0.25) is 5.95 Å². The molecule has 1 fully saturated rings. The third kappa shape index (κ3) is 3.77. The maximum absolute atomic E-state index is 13.3. The number of hydrogen-bond acceptors (Lipinski definition) is 8. The third-order valence-corrected chi connectivity index (χ3v) is 6.44. The van der Waals surface area contributed by atoms with Crippen LogP contribution in [0.25, 0.3) is 16.9 Å². The number of cyclic esters (lactones) is 1. The predicted octanol–water partition coefficient (Wildman–Crippen LogP) is 2.90. The van der Waals surface area contributed by atoms with Gasteiger partial charge in [-0.15, -0.1) is 0 Å². The Morgan fingerprint density at radius 2 is 1.94 bits per heavy atom. The van der Waals surface area contributed by atoms with E-state index >= 15 is 0 Å². The average molecular weight is 487 g/mol. The highest BCUT2D eigenvalue weighted by Gasteiger charge is 2.26. The highest BCUT2D eigenvalue weighted by molar-refractivity contribution is 5.88. The van der Waals surface area contributed by atoms with Crippen LogP contribution in [0, 0.1) is 0 Å². The van der Waals surface area contributed by atoms with Gasteiger partial charge >= 0.3 is 6.09 Å². The van der Waals surface area contributed by atoms with Crippen molar-refractivity contribution in [1.82, 2.24) is 29.6 Å². The molecule has 0 unspecified atom stereocenters. The van der Waals surface area contributed by atoms with Crippen LogP contribution in [0.5, 0.6) is 0 Å². The molecule has 3 aromatic heterocycles. The van der Waals surface area contributed by atoms with Gasteiger partial charge in [-0.25, -0.2) is 24.1 Å². The van der Waals surface area contributed by atoms with Crippen LogP contribution < -0.4 is 21.1 Å². The SMILES string of the molecule is CC(C)n1c(=O)c2cnc(Nc3ccc4c(c3)CNCC4)nc2n1-c1cccc(N2CCOC2=O)n1. The fraction of sp³-hybridized carbons (Fsp3) is 0.320. The first-order chi connectivity index (χ1) is 17.5. The maximum atomic E-state index is 13.3. The molecule has 0 saturated carbocycles. The summed E-state index contributed by atoms with van der Waals surface area (Å²) in [6.07, 6.45) is 2.12. The van der Waals surface area contributed by atoms with Crippen LogP contribution in [-0.4, -0.2) is 50.1 Å². The van der Waals surface area contributed by atoms with E-state index in [1.54, 1.807) is 33.8 Å². The summed E-state index contributed by atoms with van der Waals surface area (Å²) in [6.45, 7) is 6.39. The van der Waals surface area contributed by atoms with Gasteiger partial charge in [0.25, 0.3) is 5.56 Å². The van der Waals surface area contributed by atoms with E-state index in [2.05, 4.69) is 32.7 Å². The maximum Gasteiger partial charge on any atom is 0.415 e. The zero-order valence-electron chi connectivity index (χ0n) is 20.1. The van der Waals surface area contributed by atoms with Crippen molar-refractivity contribution in [3.8, 4) is 5.82 Å². The minimum absolute atomic E-state index is 0.168. The Morgan fingerprint density at radius 1 is 1.08 bits per heavy atom. The number of carbonyl (C=O) groups excluding carboxylic acids is 1. The van der Waals surface area contributed by atoms with Crippen molar-refractivity contribution < 1.29 is 9.53 Å². The van der Waals surface area contributed by atoms with Crippen molar-refractivity contribution in [3.05, 3.63) is 64.1 Å². The van der Waals surface area contributed by atoms with E-state index in [0.717, 1.165) is 25.2 Å². The highest BCUT2D eigenvalue weighted by atomic mass is 16.6. The fourth-order valence-corrected chi connectivity index (χ4v) is 4.72. The molecule has 11 heteroatoms. The van der Waals surface area contributed by atoms with Crippen LogP contribution in [0.1, 0.15) is 31.0 Å². The summed E-state index contributed by atoms with van der Waals surface area (Å²) in [5.41, 5.74) is 3.68. The molecule has 2 aliphatic rings. The number of rotatable bonds is 5. The van der Waals surface area contributed by atoms with E-state index in [0.29, 0.717) is 41.8 Å². The normalized spacial score (nSPS) is 15.4. The van der Waals surface area contributed by atoms with Crippen LogP contribution in [0.15, 0.2) is 47.4 Å². The van der Waals surface area contributed by atoms with E-state index in [9.17, 15) is 9.59 Å². The molecular formula is C25H26N8O3. The molecule has 4 aromatic rings. The molecule has 1 aromatic carbocycles. The number of nitrogens with one attached hydrogen (secondary N) is 2. The van der Waals surface area contributed by atoms with Gasteiger partial charge in [-0.3, -0.25) is 9.69 Å². The van der Waals surface area contributed by atoms with Gasteiger partial charge in [0.15, 0.2) is 11.5 Å². The molecule has 184 valence electrons. The summed E-state index contributed by atoms with van der Waals surface area (Å²) < 4.78 is 8.35. The standard InChI is InChI=1S/C25H26N8O3/c1-15(2)32-23(34)19-14-27-24(28-18-7-6-16-8-9-26-13-17(16)12-18)30-22(19)33(32)21-5-3-4-20(29-21)31-10-11-36-25(31)35/h3-7,12,14-15,26H,8-11,13H2,1-2H3,(H,27,28,30). The molecule has 0 spiro atoms. The van der Waals surface area contributed by atoms with Crippen LogP contribution in [0.4, 0.5) is 22.2 Å². The molecule has 0 radical (unpaired) electrons. The summed E-state index contributed by atoms with van der Waals surface area (Å²) in [7, 11) is 0. The lowest BCUT2D eigenvalue weighted by atomic mass is 10.0. The topological polar surface area (TPSA) is 119 Å². The minimum atomic E-state index is -0.438. The molecule has 2 N–H and O–H groups in total. The monoisotopic (exact) mass is 486 g/mol. The van der Waals surface area contributed by atoms with Crippen LogP contribution >= 0.6 is 0 Å². The molecule has 0 atom stereocenters. The van der Waals surface area contributed by atoms with Crippen LogP contribution in [0.2, 0.25) is 0 Å². The summed E-state index contributed by atoms with van der Waals surface area (Å²) in [5.74, 6) is 1.30. The van der Waals surface area contributed by atoms with Crippen molar-refractivity contribution in [2.24, 2.45) is 0 Å². The smallest absolute Gasteiger partial charge is 0.415 e. The number of ether oxygens (including phenoxy) is 1. The Bertz CT molecular complexity index is 1540. The number of benzene rings is 1. The Morgan fingerprint density at radius 3 is 2.75 bits per heavy atom. The Hall–Kier alpha value is -4.25. The fourth-order valence-electron chi connectivity index (χ4n) is 4.72. The van der Waals surface area contributed by atoms with E-state index in [-0.39, 0.29) is 11.6 Å². The highest BCUT2D eigenvalue weighted by Crippen LogP contribution is 2.24. The van der Waals surface area contributed by atoms with Crippen molar-refractivity contribution in [3.63, 3.8) is 0 Å². The van der Waals surface area contributed by atoms with Gasteiger partial charge < -0.3 is 15.4 Å². The number of anilines is 3. The number of nitrogens with zero attached hydrogens (tertiary/aromatic N) is 6. The van der Waals surface area contributed by atoms with Gasteiger partial charge in [-0.05, 0) is 62.2 Å². The number of amides is 1. The van der Waals surface area contributed by atoms with E-state index in [1.807, 2.05) is 19.9 Å². The number of pyridine rings is 1. The number of aromatic nitrogens is 5. The van der Waals surface area contributed by atoms with Gasteiger partial charge in [0.1, 0.15) is 17.8 Å². The van der Waals surface area contributed by atoms with Gasteiger partial charge in [-0.1, -0.05) is 12.1 Å². The zero-order chi connectivity index (χ0) is 24.8. The van der Waals surface area contributed by atoms with Gasteiger partial charge in [0, 0.05) is 24.5 Å². The average Bonchev–Trinajstić information content (AvgIpc) is 3.44. The second-order valence-corrected chi connectivity index (χ2v) is 9.14. The Labute approximate surface area is 206 Å². The Kier molecular flexibility index (Phi) is 5.41. The minimum Gasteiger partial charge on any atom is -0.447 e. The Balaban J connectivity index is 1.44. The van der Waals surface area contributed by atoms with Crippen molar-refractivity contribution in [2.45, 2.75) is 32.9 Å². The summed E-state index contributed by atoms with van der Waals surface area (Å²) in [5, 5.41) is 7.06. The number of fused-ring (bicyclic) bond motifs is 2. The quantitative estimate of drug-likeness (QED) is 0.442. The van der Waals surface area contributed by atoms with E-state index < -0.39 is 6.09 Å². The van der Waals surface area contributed by atoms with Crippen molar-refractivity contribution in [2.75, 3.05) is 29.9 Å². The lowest BCUT2D eigenvalue weighted by molar-refractivity contribution is 0.181. The van der Waals surface area contributed by atoms with Gasteiger partial charge in [0.05, 0.1) is 6.54 Å². The molecule has 1 amide bonds. The molecule has 5 heterocycles.